The standard InChI is InChI=1S/C26H23BrN2O6S/c1-4-34-18-11-7-9-16(13-18)21(30)19-20(15-8-6-10-17(27)12-15)29(24(32)22(19)31)26-28-14(3)23(36-26)25(33)35-5-2/h6-13,20,30H,4-5H2,1-3H3. The Bertz CT molecular complexity index is 1380. The number of thiazole rings is 1. The highest BCUT2D eigenvalue weighted by Gasteiger charge is 2.48. The summed E-state index contributed by atoms with van der Waals surface area (Å²) in [7, 11) is 0. The lowest BCUT2D eigenvalue weighted by Gasteiger charge is -2.23. The summed E-state index contributed by atoms with van der Waals surface area (Å²) < 4.78 is 11.4. The number of carbonyl (C=O) groups excluding carboxylic acids is 3. The number of Topliss-reactive ketones (excluding diaryl/α,β-unsaturated/α-hetero) is 1. The van der Waals surface area contributed by atoms with Crippen LogP contribution >= 0.6 is 27.3 Å². The normalized spacial score (nSPS) is 16.9. The molecule has 2 aromatic carbocycles. The van der Waals surface area contributed by atoms with Gasteiger partial charge in [-0.3, -0.25) is 14.5 Å². The summed E-state index contributed by atoms with van der Waals surface area (Å²) in [5.41, 5.74) is 1.21. The lowest BCUT2D eigenvalue weighted by molar-refractivity contribution is -0.132. The number of ether oxygens (including phenoxy) is 2. The van der Waals surface area contributed by atoms with Gasteiger partial charge in [0.15, 0.2) is 5.13 Å². The molecule has 10 heteroatoms. The maximum Gasteiger partial charge on any atom is 0.350 e. The molecule has 0 radical (unpaired) electrons. The van der Waals surface area contributed by atoms with Crippen LogP contribution in [0.4, 0.5) is 5.13 Å². The molecule has 1 N–H and O–H groups in total. The number of hydrogen-bond donors (Lipinski definition) is 1. The van der Waals surface area contributed by atoms with Gasteiger partial charge >= 0.3 is 11.9 Å². The van der Waals surface area contributed by atoms with Crippen LogP contribution in [0.25, 0.3) is 5.76 Å². The number of aromatic nitrogens is 1. The molecule has 1 amide bonds. The van der Waals surface area contributed by atoms with Gasteiger partial charge in [-0.25, -0.2) is 9.78 Å². The Hall–Kier alpha value is -3.50. The van der Waals surface area contributed by atoms with Gasteiger partial charge in [-0.2, -0.15) is 0 Å². The number of hydrogen-bond acceptors (Lipinski definition) is 8. The Balaban J connectivity index is 1.91. The Morgan fingerprint density at radius 1 is 1.14 bits per heavy atom. The van der Waals surface area contributed by atoms with Crippen molar-refractivity contribution in [2.75, 3.05) is 18.1 Å². The number of ketones is 1. The van der Waals surface area contributed by atoms with Gasteiger partial charge in [0.2, 0.25) is 0 Å². The Labute approximate surface area is 220 Å². The first-order valence-corrected chi connectivity index (χ1v) is 12.8. The molecular formula is C26H23BrN2O6S. The van der Waals surface area contributed by atoms with Gasteiger partial charge in [0.25, 0.3) is 5.78 Å². The number of aliphatic hydroxyl groups is 1. The number of benzene rings is 2. The number of anilines is 1. The second kappa shape index (κ2) is 10.6. The van der Waals surface area contributed by atoms with Gasteiger partial charge in [0.1, 0.15) is 16.4 Å². The van der Waals surface area contributed by atoms with Crippen molar-refractivity contribution in [3.05, 3.63) is 80.3 Å². The lowest BCUT2D eigenvalue weighted by Crippen LogP contribution is -2.29. The van der Waals surface area contributed by atoms with Crippen LogP contribution in [-0.4, -0.2) is 41.0 Å². The molecule has 0 aliphatic carbocycles. The van der Waals surface area contributed by atoms with Crippen molar-refractivity contribution in [3.63, 3.8) is 0 Å². The minimum Gasteiger partial charge on any atom is -0.507 e. The largest absolute Gasteiger partial charge is 0.507 e. The summed E-state index contributed by atoms with van der Waals surface area (Å²) in [6.45, 7) is 5.79. The number of halogens is 1. The van der Waals surface area contributed by atoms with Crippen molar-refractivity contribution in [3.8, 4) is 5.75 Å². The Morgan fingerprint density at radius 2 is 1.89 bits per heavy atom. The molecule has 186 valence electrons. The molecular weight excluding hydrogens is 548 g/mol. The quantitative estimate of drug-likeness (QED) is 0.175. The van der Waals surface area contributed by atoms with E-state index in [9.17, 15) is 19.5 Å². The molecule has 2 heterocycles. The molecule has 1 atom stereocenters. The summed E-state index contributed by atoms with van der Waals surface area (Å²) in [5, 5.41) is 11.5. The first-order chi connectivity index (χ1) is 17.3. The first kappa shape index (κ1) is 25.6. The molecule has 8 nitrogen and oxygen atoms in total. The van der Waals surface area contributed by atoms with Crippen LogP contribution in [-0.2, 0) is 14.3 Å². The third kappa shape index (κ3) is 4.78. The van der Waals surface area contributed by atoms with E-state index >= 15 is 0 Å². The molecule has 1 aromatic heterocycles. The number of nitrogens with zero attached hydrogens (tertiary/aromatic N) is 2. The molecule has 0 saturated carbocycles. The second-order valence-electron chi connectivity index (χ2n) is 7.82. The van der Waals surface area contributed by atoms with Gasteiger partial charge in [-0.1, -0.05) is 51.5 Å². The van der Waals surface area contributed by atoms with Gasteiger partial charge < -0.3 is 14.6 Å². The molecule has 1 saturated heterocycles. The minimum atomic E-state index is -0.973. The zero-order chi connectivity index (χ0) is 26.0. The molecule has 1 aliphatic rings. The summed E-state index contributed by atoms with van der Waals surface area (Å²) in [6.07, 6.45) is 0. The maximum absolute atomic E-state index is 13.4. The number of aliphatic hydroxyl groups excluding tert-OH is 1. The van der Waals surface area contributed by atoms with Gasteiger partial charge in [-0.15, -0.1) is 0 Å². The molecule has 36 heavy (non-hydrogen) atoms. The summed E-state index contributed by atoms with van der Waals surface area (Å²) >= 11 is 4.40. The van der Waals surface area contributed by atoms with E-state index < -0.39 is 23.7 Å². The van der Waals surface area contributed by atoms with Crippen molar-refractivity contribution < 1.29 is 29.0 Å². The molecule has 1 fully saturated rings. The fourth-order valence-corrected chi connectivity index (χ4v) is 5.35. The zero-order valence-electron chi connectivity index (χ0n) is 19.8. The third-order valence-corrected chi connectivity index (χ3v) is 7.11. The molecule has 1 aliphatic heterocycles. The highest BCUT2D eigenvalue weighted by Crippen LogP contribution is 2.44. The lowest BCUT2D eigenvalue weighted by atomic mass is 9.95. The fourth-order valence-electron chi connectivity index (χ4n) is 3.95. The highest BCUT2D eigenvalue weighted by molar-refractivity contribution is 9.10. The SMILES string of the molecule is CCOC(=O)c1sc(N2C(=O)C(=O)C(=C(O)c3cccc(OCC)c3)C2c2cccc(Br)c2)nc1C. The molecule has 4 rings (SSSR count). The van der Waals surface area contributed by atoms with Crippen LogP contribution in [0.5, 0.6) is 5.75 Å². The summed E-state index contributed by atoms with van der Waals surface area (Å²) in [4.78, 5) is 45.0. The van der Waals surface area contributed by atoms with E-state index in [1.165, 1.54) is 4.90 Å². The van der Waals surface area contributed by atoms with Crippen LogP contribution < -0.4 is 9.64 Å². The number of aryl methyl sites for hydroxylation is 1. The van der Waals surface area contributed by atoms with E-state index in [2.05, 4.69) is 20.9 Å². The van der Waals surface area contributed by atoms with Crippen LogP contribution in [0.2, 0.25) is 0 Å². The van der Waals surface area contributed by atoms with Crippen molar-refractivity contribution in [2.45, 2.75) is 26.8 Å². The van der Waals surface area contributed by atoms with Crippen LogP contribution in [0.1, 0.15) is 46.4 Å². The molecule has 0 spiro atoms. The predicted octanol–water partition coefficient (Wildman–Crippen LogP) is 5.42. The van der Waals surface area contributed by atoms with Gasteiger partial charge in [0.05, 0.1) is 30.5 Å². The second-order valence-corrected chi connectivity index (χ2v) is 9.71. The van der Waals surface area contributed by atoms with E-state index in [1.807, 2.05) is 13.0 Å². The Kier molecular flexibility index (Phi) is 7.56. The van der Waals surface area contributed by atoms with Crippen molar-refractivity contribution in [2.24, 2.45) is 0 Å². The monoisotopic (exact) mass is 570 g/mol. The van der Waals surface area contributed by atoms with Crippen molar-refractivity contribution in [1.82, 2.24) is 4.98 Å². The van der Waals surface area contributed by atoms with Gasteiger partial charge in [0, 0.05) is 10.0 Å². The summed E-state index contributed by atoms with van der Waals surface area (Å²) in [5.74, 6) is -2.08. The van der Waals surface area contributed by atoms with Crippen molar-refractivity contribution in [1.29, 1.82) is 0 Å². The number of esters is 1. The minimum absolute atomic E-state index is 0.0858. The fraction of sp³-hybridized carbons (Fsp3) is 0.231. The summed E-state index contributed by atoms with van der Waals surface area (Å²) in [6, 6.07) is 12.8. The molecule has 3 aromatic rings. The topological polar surface area (TPSA) is 106 Å². The third-order valence-electron chi connectivity index (χ3n) is 5.48. The average molecular weight is 571 g/mol. The van der Waals surface area contributed by atoms with E-state index in [1.54, 1.807) is 56.3 Å². The molecule has 1 unspecified atom stereocenters. The first-order valence-electron chi connectivity index (χ1n) is 11.2. The number of rotatable bonds is 7. The molecule has 0 bridgehead atoms. The highest BCUT2D eigenvalue weighted by atomic mass is 79.9. The number of carbonyl (C=O) groups is 3. The Morgan fingerprint density at radius 3 is 2.58 bits per heavy atom. The van der Waals surface area contributed by atoms with E-state index in [0.29, 0.717) is 29.2 Å². The average Bonchev–Trinajstić information content (AvgIpc) is 3.36. The van der Waals surface area contributed by atoms with Gasteiger partial charge in [-0.05, 0) is 50.6 Å². The van der Waals surface area contributed by atoms with Crippen molar-refractivity contribution >= 4 is 55.8 Å². The van der Waals surface area contributed by atoms with Crippen LogP contribution in [0, 0.1) is 6.92 Å². The zero-order valence-corrected chi connectivity index (χ0v) is 22.2. The number of amides is 1. The maximum atomic E-state index is 13.4. The van der Waals surface area contributed by atoms with Crippen LogP contribution in [0.3, 0.4) is 0 Å². The van der Waals surface area contributed by atoms with E-state index in [4.69, 9.17) is 9.47 Å². The van der Waals surface area contributed by atoms with Crippen LogP contribution in [0.15, 0.2) is 58.6 Å². The predicted molar refractivity (Wildman–Crippen MR) is 139 cm³/mol. The smallest absolute Gasteiger partial charge is 0.350 e. The van der Waals surface area contributed by atoms with E-state index in [-0.39, 0.29) is 27.9 Å². The van der Waals surface area contributed by atoms with E-state index in [0.717, 1.165) is 15.8 Å².